The number of rotatable bonds is 3. The molecule has 2 aromatic carbocycles. The minimum Gasteiger partial charge on any atom is -0.386 e. The van der Waals surface area contributed by atoms with Crippen LogP contribution in [0.5, 0.6) is 0 Å². The largest absolute Gasteiger partial charge is 0.386 e. The molecular formula is C21H17ClFN3O. The van der Waals surface area contributed by atoms with E-state index in [1.165, 1.54) is 12.1 Å². The molecule has 0 bridgehead atoms. The molecule has 0 spiro atoms. The van der Waals surface area contributed by atoms with Crippen molar-refractivity contribution in [2.75, 3.05) is 0 Å². The molecule has 2 aromatic heterocycles. The quantitative estimate of drug-likeness (QED) is 0.536. The number of imidazole rings is 1. The molecule has 27 heavy (non-hydrogen) atoms. The molecule has 0 saturated heterocycles. The van der Waals surface area contributed by atoms with E-state index in [1.807, 2.05) is 41.0 Å². The van der Waals surface area contributed by atoms with Crippen LogP contribution in [-0.4, -0.2) is 19.6 Å². The number of pyridine rings is 1. The van der Waals surface area contributed by atoms with Crippen molar-refractivity contribution < 1.29 is 9.50 Å². The number of hydrogen-bond acceptors (Lipinski definition) is 3. The number of fused-ring (bicyclic) bond motifs is 1. The van der Waals surface area contributed by atoms with Crippen molar-refractivity contribution in [3.63, 3.8) is 0 Å². The van der Waals surface area contributed by atoms with Gasteiger partial charge in [-0.2, -0.15) is 0 Å². The van der Waals surface area contributed by atoms with Crippen molar-refractivity contribution >= 4 is 22.6 Å². The van der Waals surface area contributed by atoms with E-state index in [0.29, 0.717) is 22.1 Å². The van der Waals surface area contributed by atoms with E-state index < -0.39 is 5.60 Å². The molecule has 0 fully saturated rings. The maximum atomic E-state index is 13.3. The van der Waals surface area contributed by atoms with Crippen LogP contribution in [0.15, 0.2) is 60.9 Å². The fourth-order valence-electron chi connectivity index (χ4n) is 2.98. The zero-order valence-corrected chi connectivity index (χ0v) is 15.6. The first-order chi connectivity index (χ1) is 12.8. The lowest BCUT2D eigenvalue weighted by Gasteiger charge is -2.17. The summed E-state index contributed by atoms with van der Waals surface area (Å²) in [5, 5.41) is 10.5. The third-order valence-electron chi connectivity index (χ3n) is 4.44. The average molecular weight is 382 g/mol. The highest BCUT2D eigenvalue weighted by atomic mass is 35.5. The van der Waals surface area contributed by atoms with E-state index in [2.05, 4.69) is 9.97 Å². The van der Waals surface area contributed by atoms with Crippen molar-refractivity contribution in [1.82, 2.24) is 14.5 Å². The summed E-state index contributed by atoms with van der Waals surface area (Å²) in [6.07, 6.45) is 1.69. The number of aromatic nitrogens is 3. The summed E-state index contributed by atoms with van der Waals surface area (Å²) in [6, 6.07) is 15.5. The molecule has 0 unspecified atom stereocenters. The first-order valence-electron chi connectivity index (χ1n) is 8.46. The molecule has 6 heteroatoms. The van der Waals surface area contributed by atoms with Crippen LogP contribution < -0.4 is 0 Å². The second-order valence-corrected chi connectivity index (χ2v) is 7.29. The Labute approximate surface area is 160 Å². The highest BCUT2D eigenvalue weighted by Crippen LogP contribution is 2.29. The maximum absolute atomic E-state index is 13.3. The van der Waals surface area contributed by atoms with Crippen molar-refractivity contribution in [1.29, 1.82) is 0 Å². The van der Waals surface area contributed by atoms with E-state index in [0.717, 1.165) is 16.6 Å². The van der Waals surface area contributed by atoms with Gasteiger partial charge >= 0.3 is 0 Å². The van der Waals surface area contributed by atoms with E-state index >= 15 is 0 Å². The number of nitrogens with zero attached hydrogens (tertiary/aromatic N) is 3. The first-order valence-corrected chi connectivity index (χ1v) is 8.83. The van der Waals surface area contributed by atoms with Crippen LogP contribution in [0.25, 0.3) is 28.1 Å². The summed E-state index contributed by atoms with van der Waals surface area (Å²) in [5.74, 6) is 0.287. The minimum atomic E-state index is -0.935. The molecule has 0 radical (unpaired) electrons. The fraction of sp³-hybridized carbons (Fsp3) is 0.143. The van der Waals surface area contributed by atoms with Gasteiger partial charge in [0, 0.05) is 5.56 Å². The summed E-state index contributed by atoms with van der Waals surface area (Å²) in [7, 11) is 0. The molecule has 0 saturated carbocycles. The van der Waals surface area contributed by atoms with Gasteiger partial charge in [-0.15, -0.1) is 0 Å². The summed E-state index contributed by atoms with van der Waals surface area (Å²) in [6.45, 7) is 3.48. The SMILES string of the molecule is CC(C)(O)c1ccc2c(c1)ncn2-c1cccc(-c2ccc(F)cc2Cl)n1. The van der Waals surface area contributed by atoms with Crippen LogP contribution in [-0.2, 0) is 5.60 Å². The van der Waals surface area contributed by atoms with Gasteiger partial charge in [-0.3, -0.25) is 4.57 Å². The molecule has 0 atom stereocenters. The Kier molecular flexibility index (Phi) is 4.21. The van der Waals surface area contributed by atoms with Gasteiger partial charge in [-0.25, -0.2) is 14.4 Å². The minimum absolute atomic E-state index is 0.310. The summed E-state index contributed by atoms with van der Waals surface area (Å²) >= 11 is 6.17. The predicted octanol–water partition coefficient (Wildman–Crippen LogP) is 5.11. The van der Waals surface area contributed by atoms with Crippen LogP contribution in [0.4, 0.5) is 4.39 Å². The summed E-state index contributed by atoms with van der Waals surface area (Å²) < 4.78 is 15.2. The van der Waals surface area contributed by atoms with E-state index in [1.54, 1.807) is 26.2 Å². The average Bonchev–Trinajstić information content (AvgIpc) is 3.04. The smallest absolute Gasteiger partial charge is 0.139 e. The Hall–Kier alpha value is -2.76. The topological polar surface area (TPSA) is 50.9 Å². The molecule has 4 aromatic rings. The second-order valence-electron chi connectivity index (χ2n) is 6.88. The van der Waals surface area contributed by atoms with E-state index in [4.69, 9.17) is 11.6 Å². The molecular weight excluding hydrogens is 365 g/mol. The van der Waals surface area contributed by atoms with Crippen molar-refractivity contribution in [2.45, 2.75) is 19.4 Å². The number of aliphatic hydroxyl groups is 1. The Morgan fingerprint density at radius 3 is 2.63 bits per heavy atom. The number of benzene rings is 2. The third-order valence-corrected chi connectivity index (χ3v) is 4.75. The second kappa shape index (κ2) is 6.44. The fourth-order valence-corrected chi connectivity index (χ4v) is 3.24. The molecule has 0 aliphatic rings. The third kappa shape index (κ3) is 3.31. The lowest BCUT2D eigenvalue weighted by Crippen LogP contribution is -2.15. The van der Waals surface area contributed by atoms with Gasteiger partial charge in [0.25, 0.3) is 0 Å². The van der Waals surface area contributed by atoms with Crippen molar-refractivity contribution in [3.8, 4) is 17.1 Å². The van der Waals surface area contributed by atoms with E-state index in [9.17, 15) is 9.50 Å². The summed E-state index contributed by atoms with van der Waals surface area (Å²) in [5.41, 5.74) is 2.80. The van der Waals surface area contributed by atoms with Gasteiger partial charge in [-0.05, 0) is 61.9 Å². The van der Waals surface area contributed by atoms with Gasteiger partial charge in [0.15, 0.2) is 0 Å². The van der Waals surface area contributed by atoms with Gasteiger partial charge in [0.2, 0.25) is 0 Å². The molecule has 1 N–H and O–H groups in total. The molecule has 0 aliphatic carbocycles. The molecule has 0 aliphatic heterocycles. The Bertz CT molecular complexity index is 1150. The lowest BCUT2D eigenvalue weighted by atomic mass is 9.98. The monoisotopic (exact) mass is 381 g/mol. The van der Waals surface area contributed by atoms with Gasteiger partial charge in [-0.1, -0.05) is 23.7 Å². The standard InChI is InChI=1S/C21H17ClFN3O/c1-21(2,27)13-6-9-19-18(10-13)24-12-26(19)20-5-3-4-17(25-20)15-8-7-14(23)11-16(15)22/h3-12,27H,1-2H3. The molecule has 0 amide bonds. The number of halogens is 2. The van der Waals surface area contributed by atoms with Crippen LogP contribution in [0, 0.1) is 5.82 Å². The van der Waals surface area contributed by atoms with Crippen LogP contribution in [0.1, 0.15) is 19.4 Å². The lowest BCUT2D eigenvalue weighted by molar-refractivity contribution is 0.0787. The molecule has 136 valence electrons. The van der Waals surface area contributed by atoms with Crippen LogP contribution in [0.2, 0.25) is 5.02 Å². The Morgan fingerprint density at radius 2 is 1.89 bits per heavy atom. The number of hydrogen-bond donors (Lipinski definition) is 1. The summed E-state index contributed by atoms with van der Waals surface area (Å²) in [4.78, 5) is 9.10. The Morgan fingerprint density at radius 1 is 1.07 bits per heavy atom. The zero-order valence-electron chi connectivity index (χ0n) is 14.8. The van der Waals surface area contributed by atoms with Crippen molar-refractivity contribution in [2.24, 2.45) is 0 Å². The maximum Gasteiger partial charge on any atom is 0.139 e. The zero-order chi connectivity index (χ0) is 19.2. The van der Waals surface area contributed by atoms with Crippen molar-refractivity contribution in [3.05, 3.63) is 77.3 Å². The highest BCUT2D eigenvalue weighted by Gasteiger charge is 2.17. The molecule has 4 rings (SSSR count). The molecule has 4 nitrogen and oxygen atoms in total. The highest BCUT2D eigenvalue weighted by molar-refractivity contribution is 6.33. The normalized spacial score (nSPS) is 11.9. The Balaban J connectivity index is 1.80. The predicted molar refractivity (Wildman–Crippen MR) is 105 cm³/mol. The first kappa shape index (κ1) is 17.6. The molecule has 2 heterocycles. The van der Waals surface area contributed by atoms with Gasteiger partial charge in [0.05, 0.1) is 27.4 Å². The van der Waals surface area contributed by atoms with Gasteiger partial charge < -0.3 is 5.11 Å². The van der Waals surface area contributed by atoms with Crippen LogP contribution in [0.3, 0.4) is 0 Å². The van der Waals surface area contributed by atoms with Crippen LogP contribution >= 0.6 is 11.6 Å². The van der Waals surface area contributed by atoms with Gasteiger partial charge in [0.1, 0.15) is 18.0 Å². The van der Waals surface area contributed by atoms with E-state index in [-0.39, 0.29) is 5.82 Å².